The zero-order valence-corrected chi connectivity index (χ0v) is 11.9. The minimum absolute atomic E-state index is 0. The van der Waals surface area contributed by atoms with Crippen LogP contribution in [-0.2, 0) is 29.0 Å². The van der Waals surface area contributed by atoms with Crippen molar-refractivity contribution in [2.45, 2.75) is 25.7 Å². The molecule has 0 aromatic rings. The summed E-state index contributed by atoms with van der Waals surface area (Å²) in [5, 5.41) is 0. The second kappa shape index (κ2) is 7.69. The molecule has 2 rings (SSSR count). The zero-order chi connectivity index (χ0) is 15.6. The van der Waals surface area contributed by atoms with Crippen LogP contribution in [0.2, 0.25) is 0 Å². The van der Waals surface area contributed by atoms with Gasteiger partial charge in [0.15, 0.2) is 0 Å². The number of nitrogens with zero attached hydrogens (tertiary/aromatic N) is 1. The van der Waals surface area contributed by atoms with Crippen LogP contribution in [0.15, 0.2) is 12.2 Å². The van der Waals surface area contributed by atoms with E-state index in [1.807, 2.05) is 0 Å². The molecule has 1 aliphatic carbocycles. The van der Waals surface area contributed by atoms with Gasteiger partial charge in [-0.15, -0.1) is 0 Å². The van der Waals surface area contributed by atoms with Crippen LogP contribution in [0.4, 0.5) is 0 Å². The first-order valence-electron chi connectivity index (χ1n) is 6.50. The Morgan fingerprint density at radius 3 is 2.14 bits per heavy atom. The van der Waals surface area contributed by atoms with Crippen molar-refractivity contribution < 1.29 is 31.5 Å². The van der Waals surface area contributed by atoms with Crippen molar-refractivity contribution in [1.82, 2.24) is 4.90 Å². The topological polar surface area (TPSA) is 118 Å². The van der Waals surface area contributed by atoms with E-state index >= 15 is 0 Å². The van der Waals surface area contributed by atoms with Gasteiger partial charge < -0.3 is 4.18 Å². The third-order valence-corrected chi connectivity index (χ3v) is 4.08. The third-order valence-electron chi connectivity index (χ3n) is 3.71. The Bertz CT molecular complexity index is 575. The van der Waals surface area contributed by atoms with Gasteiger partial charge >= 0.3 is 45.9 Å². The Labute approximate surface area is 150 Å². The molecule has 1 N–H and O–H groups in total. The Balaban J connectivity index is 0.00000242. The van der Waals surface area contributed by atoms with E-state index in [9.17, 15) is 22.8 Å². The van der Waals surface area contributed by atoms with Gasteiger partial charge in [-0.25, -0.2) is 0 Å². The van der Waals surface area contributed by atoms with Crippen LogP contribution in [0.1, 0.15) is 25.7 Å². The molecule has 8 nitrogen and oxygen atoms in total. The van der Waals surface area contributed by atoms with Gasteiger partial charge in [0.2, 0.25) is 0 Å². The average Bonchev–Trinajstić information content (AvgIpc) is 2.69. The van der Waals surface area contributed by atoms with Crippen molar-refractivity contribution in [3.8, 4) is 0 Å². The molecule has 1 aliphatic heterocycles. The number of hydrogen-bond donors (Lipinski definition) is 1. The number of carbonyl (C=O) groups excluding carboxylic acids is 3. The number of carbonyl (C=O) groups is 3. The normalized spacial score (nSPS) is 25.0. The standard InChI is InChI=1S/C12H15NO7S.Na.H/c14-10-5-6-11(15)13(10)7-8-1-3-9(4-2-8)12(16)20-21(17,18)19;;/h5-6,8-9H,1-4,7H2,(H,17,18,19);;. The van der Waals surface area contributed by atoms with Crippen LogP contribution in [0, 0.1) is 11.8 Å². The molecular formula is C12H16NNaO7S. The molecule has 0 aromatic carbocycles. The van der Waals surface area contributed by atoms with E-state index in [1.165, 1.54) is 12.2 Å². The molecule has 1 saturated carbocycles. The van der Waals surface area contributed by atoms with Crippen molar-refractivity contribution in [3.05, 3.63) is 12.2 Å². The van der Waals surface area contributed by atoms with Crippen LogP contribution in [0.3, 0.4) is 0 Å². The van der Waals surface area contributed by atoms with Crippen molar-refractivity contribution in [1.29, 1.82) is 0 Å². The van der Waals surface area contributed by atoms with Crippen LogP contribution in [0.25, 0.3) is 0 Å². The Morgan fingerprint density at radius 2 is 1.68 bits per heavy atom. The Morgan fingerprint density at radius 1 is 1.18 bits per heavy atom. The van der Waals surface area contributed by atoms with Crippen LogP contribution in [-0.4, -0.2) is 71.8 Å². The van der Waals surface area contributed by atoms with Crippen LogP contribution in [0.5, 0.6) is 0 Å². The van der Waals surface area contributed by atoms with Crippen molar-refractivity contribution >= 4 is 57.7 Å². The molecule has 118 valence electrons. The predicted molar refractivity (Wildman–Crippen MR) is 76.1 cm³/mol. The summed E-state index contributed by atoms with van der Waals surface area (Å²) in [7, 11) is -4.77. The Hall–Kier alpha value is -0.740. The molecule has 2 aliphatic rings. The van der Waals surface area contributed by atoms with Gasteiger partial charge in [0, 0.05) is 18.7 Å². The number of rotatable bonds is 4. The van der Waals surface area contributed by atoms with Gasteiger partial charge in [-0.2, -0.15) is 8.42 Å². The molecule has 0 bridgehead atoms. The Kier molecular flexibility index (Phi) is 6.75. The van der Waals surface area contributed by atoms with Crippen molar-refractivity contribution in [3.63, 3.8) is 0 Å². The molecule has 22 heavy (non-hydrogen) atoms. The molecular weight excluding hydrogens is 325 g/mol. The first-order chi connectivity index (χ1) is 9.76. The average molecular weight is 341 g/mol. The summed E-state index contributed by atoms with van der Waals surface area (Å²) < 4.78 is 33.3. The summed E-state index contributed by atoms with van der Waals surface area (Å²) in [6.45, 7) is 0.296. The second-order valence-electron chi connectivity index (χ2n) is 5.17. The molecule has 1 fully saturated rings. The zero-order valence-electron chi connectivity index (χ0n) is 11.1. The second-order valence-corrected chi connectivity index (χ2v) is 6.19. The van der Waals surface area contributed by atoms with Gasteiger partial charge in [0.1, 0.15) is 0 Å². The fourth-order valence-electron chi connectivity index (χ4n) is 2.62. The maximum atomic E-state index is 11.5. The molecule has 0 atom stereocenters. The monoisotopic (exact) mass is 341 g/mol. The first kappa shape index (κ1) is 19.3. The molecule has 0 unspecified atom stereocenters. The quantitative estimate of drug-likeness (QED) is 0.413. The van der Waals surface area contributed by atoms with Crippen molar-refractivity contribution in [2.75, 3.05) is 6.54 Å². The van der Waals surface area contributed by atoms with Gasteiger partial charge in [-0.3, -0.25) is 23.8 Å². The molecule has 10 heteroatoms. The van der Waals surface area contributed by atoms with Gasteiger partial charge in [0.25, 0.3) is 11.8 Å². The van der Waals surface area contributed by atoms with E-state index < -0.39 is 22.3 Å². The van der Waals surface area contributed by atoms with Gasteiger partial charge in [0.05, 0.1) is 5.92 Å². The number of hydrogen-bond acceptors (Lipinski definition) is 6. The molecule has 0 aromatic heterocycles. The summed E-state index contributed by atoms with van der Waals surface area (Å²) in [4.78, 5) is 35.5. The fourth-order valence-corrected chi connectivity index (χ4v) is 2.97. The van der Waals surface area contributed by atoms with Gasteiger partial charge in [-0.05, 0) is 31.6 Å². The van der Waals surface area contributed by atoms with Gasteiger partial charge in [-0.1, -0.05) is 0 Å². The summed E-state index contributed by atoms with van der Waals surface area (Å²) in [5.41, 5.74) is 0. The van der Waals surface area contributed by atoms with Crippen molar-refractivity contribution in [2.24, 2.45) is 11.8 Å². The molecule has 0 spiro atoms. The van der Waals surface area contributed by atoms with Crippen LogP contribution < -0.4 is 0 Å². The number of amides is 2. The molecule has 1 heterocycles. The summed E-state index contributed by atoms with van der Waals surface area (Å²) in [6.07, 6.45) is 4.37. The van der Waals surface area contributed by atoms with E-state index in [2.05, 4.69) is 4.18 Å². The summed E-state index contributed by atoms with van der Waals surface area (Å²) in [6, 6.07) is 0. The van der Waals surface area contributed by atoms with E-state index in [0.29, 0.717) is 32.2 Å². The molecule has 0 saturated heterocycles. The fraction of sp³-hybridized carbons (Fsp3) is 0.583. The molecule has 0 radical (unpaired) electrons. The summed E-state index contributed by atoms with van der Waals surface area (Å²) >= 11 is 0. The SMILES string of the molecule is O=C(OS(=O)(=O)O)C1CCC(CN2C(=O)C=CC2=O)CC1.[NaH]. The molecule has 2 amide bonds. The third kappa shape index (κ3) is 5.17. The maximum absolute atomic E-state index is 11.5. The first-order valence-corrected chi connectivity index (χ1v) is 7.87. The van der Waals surface area contributed by atoms with E-state index in [1.54, 1.807) is 0 Å². The van der Waals surface area contributed by atoms with Crippen LogP contribution >= 0.6 is 0 Å². The van der Waals surface area contributed by atoms with E-state index in [-0.39, 0.29) is 47.3 Å². The summed E-state index contributed by atoms with van der Waals surface area (Å²) in [5.74, 6) is -2.16. The predicted octanol–water partition coefficient (Wildman–Crippen LogP) is -0.585. The minimum atomic E-state index is -4.77. The number of imide groups is 1. The van der Waals surface area contributed by atoms with E-state index in [4.69, 9.17) is 4.55 Å². The van der Waals surface area contributed by atoms with E-state index in [0.717, 1.165) is 4.90 Å².